The Morgan fingerprint density at radius 3 is 2.79 bits per heavy atom. The molecule has 2 heterocycles. The van der Waals surface area contributed by atoms with Gasteiger partial charge in [0.2, 0.25) is 10.0 Å². The lowest BCUT2D eigenvalue weighted by Gasteiger charge is -2.14. The van der Waals surface area contributed by atoms with Crippen LogP contribution in [0.25, 0.3) is 0 Å². The first kappa shape index (κ1) is 14.5. The number of nitrogens with two attached hydrogens (primary N) is 1. The van der Waals surface area contributed by atoms with Crippen molar-refractivity contribution in [2.45, 2.75) is 24.7 Å². The average molecular weight is 351 g/mol. The fourth-order valence-corrected chi connectivity index (χ4v) is 3.66. The van der Waals surface area contributed by atoms with Gasteiger partial charge >= 0.3 is 0 Å². The molecule has 1 unspecified atom stereocenters. The van der Waals surface area contributed by atoms with E-state index in [4.69, 9.17) is 9.56 Å². The molecule has 1 aliphatic heterocycles. The second kappa shape index (κ2) is 5.26. The number of likely N-dealkylation sites (tertiary alicyclic amines) is 1. The maximum absolute atomic E-state index is 12.2. The van der Waals surface area contributed by atoms with Crippen molar-refractivity contribution in [1.29, 1.82) is 0 Å². The molecule has 1 saturated heterocycles. The van der Waals surface area contributed by atoms with E-state index < -0.39 is 10.0 Å². The van der Waals surface area contributed by atoms with E-state index in [0.717, 1.165) is 12.8 Å². The lowest BCUT2D eigenvalue weighted by atomic mass is 10.1. The summed E-state index contributed by atoms with van der Waals surface area (Å²) in [5.41, 5.74) is 0. The van der Waals surface area contributed by atoms with E-state index in [1.807, 2.05) is 0 Å². The highest BCUT2D eigenvalue weighted by molar-refractivity contribution is 9.10. The van der Waals surface area contributed by atoms with Gasteiger partial charge < -0.3 is 9.32 Å². The third-order valence-corrected chi connectivity index (χ3v) is 5.09. The Morgan fingerprint density at radius 2 is 2.32 bits per heavy atom. The molecule has 0 aliphatic carbocycles. The number of hydrogen-bond donors (Lipinski definition) is 1. The number of amides is 1. The molecule has 1 aliphatic rings. The lowest BCUT2D eigenvalue weighted by Crippen LogP contribution is -2.28. The SMILES string of the molecule is CCC1CCN(C(=O)c2cc(S(N)(=O)=O)c(Br)o2)C1. The summed E-state index contributed by atoms with van der Waals surface area (Å²) in [7, 11) is -3.90. The largest absolute Gasteiger partial charge is 0.443 e. The molecule has 0 radical (unpaired) electrons. The fourth-order valence-electron chi connectivity index (χ4n) is 2.16. The van der Waals surface area contributed by atoms with E-state index >= 15 is 0 Å². The molecule has 1 aromatic rings. The molecule has 8 heteroatoms. The lowest BCUT2D eigenvalue weighted by molar-refractivity contribution is 0.0754. The summed E-state index contributed by atoms with van der Waals surface area (Å²) in [6.45, 7) is 3.43. The molecule has 1 fully saturated rings. The van der Waals surface area contributed by atoms with E-state index in [0.29, 0.717) is 19.0 Å². The first-order valence-electron chi connectivity index (χ1n) is 5.94. The monoisotopic (exact) mass is 350 g/mol. The molecule has 2 rings (SSSR count). The number of primary sulfonamides is 1. The molecule has 1 aromatic heterocycles. The third kappa shape index (κ3) is 3.01. The quantitative estimate of drug-likeness (QED) is 0.894. The second-order valence-corrected chi connectivity index (χ2v) is 6.86. The number of halogens is 1. The zero-order valence-electron chi connectivity index (χ0n) is 10.4. The molecule has 0 bridgehead atoms. The minimum Gasteiger partial charge on any atom is -0.443 e. The Balaban J connectivity index is 2.22. The van der Waals surface area contributed by atoms with Gasteiger partial charge in [0.25, 0.3) is 5.91 Å². The van der Waals surface area contributed by atoms with E-state index in [2.05, 4.69) is 22.9 Å². The van der Waals surface area contributed by atoms with Gasteiger partial charge in [0.05, 0.1) is 0 Å². The molecule has 0 spiro atoms. The molecular formula is C11H15BrN2O4S. The van der Waals surface area contributed by atoms with Gasteiger partial charge in [-0.3, -0.25) is 4.79 Å². The van der Waals surface area contributed by atoms with Crippen molar-refractivity contribution < 1.29 is 17.6 Å². The van der Waals surface area contributed by atoms with E-state index in [1.165, 1.54) is 6.07 Å². The van der Waals surface area contributed by atoms with Crippen molar-refractivity contribution in [3.63, 3.8) is 0 Å². The molecule has 1 atom stereocenters. The summed E-state index contributed by atoms with van der Waals surface area (Å²) in [5, 5.41) is 5.03. The summed E-state index contributed by atoms with van der Waals surface area (Å²) < 4.78 is 27.7. The van der Waals surface area contributed by atoms with Crippen LogP contribution in [0.3, 0.4) is 0 Å². The smallest absolute Gasteiger partial charge is 0.289 e. The van der Waals surface area contributed by atoms with Crippen LogP contribution in [0.2, 0.25) is 0 Å². The standard InChI is InChI=1S/C11H15BrN2O4S/c1-2-7-3-4-14(6-7)11(15)8-5-9(10(12)18-8)19(13,16)17/h5,7H,2-4,6H2,1H3,(H2,13,16,17). The number of hydrogen-bond acceptors (Lipinski definition) is 4. The van der Waals surface area contributed by atoms with Crippen LogP contribution in [0.15, 0.2) is 20.0 Å². The van der Waals surface area contributed by atoms with Gasteiger partial charge in [0.15, 0.2) is 10.4 Å². The van der Waals surface area contributed by atoms with Gasteiger partial charge in [-0.15, -0.1) is 0 Å². The maximum Gasteiger partial charge on any atom is 0.289 e. The van der Waals surface area contributed by atoms with E-state index in [9.17, 15) is 13.2 Å². The molecule has 0 aromatic carbocycles. The van der Waals surface area contributed by atoms with E-state index in [-0.39, 0.29) is 21.2 Å². The van der Waals surface area contributed by atoms with Gasteiger partial charge in [-0.05, 0) is 28.3 Å². The van der Waals surface area contributed by atoms with Gasteiger partial charge in [0, 0.05) is 19.2 Å². The van der Waals surface area contributed by atoms with Crippen LogP contribution in [0, 0.1) is 5.92 Å². The van der Waals surface area contributed by atoms with Crippen LogP contribution in [-0.2, 0) is 10.0 Å². The molecule has 2 N–H and O–H groups in total. The van der Waals surface area contributed by atoms with Crippen LogP contribution < -0.4 is 5.14 Å². The van der Waals surface area contributed by atoms with Gasteiger partial charge in [-0.25, -0.2) is 13.6 Å². The summed E-state index contributed by atoms with van der Waals surface area (Å²) in [6.07, 6.45) is 1.99. The van der Waals surface area contributed by atoms with E-state index in [1.54, 1.807) is 4.90 Å². The highest BCUT2D eigenvalue weighted by Crippen LogP contribution is 2.27. The Morgan fingerprint density at radius 1 is 1.63 bits per heavy atom. The van der Waals surface area contributed by atoms with Gasteiger partial charge in [-0.1, -0.05) is 13.3 Å². The molecule has 6 nitrogen and oxygen atoms in total. The Bertz CT molecular complexity index is 596. The van der Waals surface area contributed by atoms with Crippen molar-refractivity contribution in [3.8, 4) is 0 Å². The second-order valence-electron chi connectivity index (χ2n) is 4.61. The number of carbonyl (C=O) groups excluding carboxylic acids is 1. The number of sulfonamides is 1. The Hall–Kier alpha value is -0.860. The minimum absolute atomic E-state index is 0.00680. The minimum atomic E-state index is -3.90. The molecule has 106 valence electrons. The number of carbonyl (C=O) groups is 1. The van der Waals surface area contributed by atoms with Crippen LogP contribution in [0.5, 0.6) is 0 Å². The molecule has 0 saturated carbocycles. The number of nitrogens with zero attached hydrogens (tertiary/aromatic N) is 1. The first-order valence-corrected chi connectivity index (χ1v) is 8.28. The normalized spacial score (nSPS) is 19.9. The molecule has 1 amide bonds. The average Bonchev–Trinajstić information content (AvgIpc) is 2.93. The summed E-state index contributed by atoms with van der Waals surface area (Å²) in [4.78, 5) is 13.6. The highest BCUT2D eigenvalue weighted by atomic mass is 79.9. The Kier molecular flexibility index (Phi) is 4.03. The molecular weight excluding hydrogens is 336 g/mol. The van der Waals surface area contributed by atoms with Crippen molar-refractivity contribution in [1.82, 2.24) is 4.90 Å². The van der Waals surface area contributed by atoms with Crippen molar-refractivity contribution in [3.05, 3.63) is 16.5 Å². The summed E-state index contributed by atoms with van der Waals surface area (Å²) in [5.74, 6) is 0.194. The Labute approximate surface area is 120 Å². The van der Waals surface area contributed by atoms with Crippen LogP contribution >= 0.6 is 15.9 Å². The number of furan rings is 1. The topological polar surface area (TPSA) is 93.6 Å². The van der Waals surface area contributed by atoms with Crippen molar-refractivity contribution >= 4 is 31.9 Å². The van der Waals surface area contributed by atoms with Crippen LogP contribution in [0.1, 0.15) is 30.3 Å². The predicted molar refractivity (Wildman–Crippen MR) is 72.1 cm³/mol. The third-order valence-electron chi connectivity index (χ3n) is 3.32. The first-order chi connectivity index (χ1) is 8.82. The van der Waals surface area contributed by atoms with Crippen LogP contribution in [0.4, 0.5) is 0 Å². The van der Waals surface area contributed by atoms with Crippen molar-refractivity contribution in [2.24, 2.45) is 11.1 Å². The zero-order valence-corrected chi connectivity index (χ0v) is 12.8. The maximum atomic E-state index is 12.2. The number of rotatable bonds is 3. The van der Waals surface area contributed by atoms with Crippen molar-refractivity contribution in [2.75, 3.05) is 13.1 Å². The predicted octanol–water partition coefficient (Wildman–Crippen LogP) is 1.56. The van der Waals surface area contributed by atoms with Gasteiger partial charge in [-0.2, -0.15) is 0 Å². The van der Waals surface area contributed by atoms with Crippen LogP contribution in [-0.4, -0.2) is 32.3 Å². The zero-order chi connectivity index (χ0) is 14.2. The highest BCUT2D eigenvalue weighted by Gasteiger charge is 2.29. The molecule has 19 heavy (non-hydrogen) atoms. The summed E-state index contributed by atoms with van der Waals surface area (Å²) >= 11 is 2.96. The fraction of sp³-hybridized carbons (Fsp3) is 0.545. The van der Waals surface area contributed by atoms with Gasteiger partial charge in [0.1, 0.15) is 4.90 Å². The summed E-state index contributed by atoms with van der Waals surface area (Å²) in [6, 6.07) is 1.17.